The molecule has 2 nitrogen and oxygen atoms in total. The predicted octanol–water partition coefficient (Wildman–Crippen LogP) is 11.8. The van der Waals surface area contributed by atoms with E-state index in [2.05, 4.69) is 106 Å². The fourth-order valence-corrected chi connectivity index (χ4v) is 6.65. The Kier molecular flexibility index (Phi) is 12.1. The number of rotatable bonds is 17. The van der Waals surface area contributed by atoms with E-state index in [1.807, 2.05) is 0 Å². The molecule has 4 rings (SSSR count). The second-order valence-electron chi connectivity index (χ2n) is 10.7. The quantitative estimate of drug-likeness (QED) is 0.106. The van der Waals surface area contributed by atoms with Crippen molar-refractivity contribution in [2.45, 2.75) is 96.7 Å². The van der Waals surface area contributed by atoms with Crippen molar-refractivity contribution in [3.05, 3.63) is 80.7 Å². The Labute approximate surface area is 253 Å². The standard InChI is InChI=1S/C35H44Br2O2/c1-3-5-7-9-11-16-24-38-35(39-25-17-12-10-8-6-4-2)31-26-28(36)20-21-29(31)30-22-23-32(37)33(34(30)35)27-18-14-13-15-19-27/h13-15,18-23,26H,3-12,16-17,24-25H2,1-2H3. The molecule has 0 unspecified atom stereocenters. The lowest BCUT2D eigenvalue weighted by atomic mass is 9.92. The highest BCUT2D eigenvalue weighted by atomic mass is 79.9. The number of halogens is 2. The molecule has 0 radical (unpaired) electrons. The number of unbranched alkanes of at least 4 members (excludes halogenated alkanes) is 10. The monoisotopic (exact) mass is 654 g/mol. The average Bonchev–Trinajstić information content (AvgIpc) is 3.21. The van der Waals surface area contributed by atoms with Gasteiger partial charge >= 0.3 is 0 Å². The zero-order valence-electron chi connectivity index (χ0n) is 23.7. The molecule has 0 atom stereocenters. The molecule has 0 spiro atoms. The van der Waals surface area contributed by atoms with Gasteiger partial charge in [-0.05, 0) is 47.7 Å². The third kappa shape index (κ3) is 7.44. The van der Waals surface area contributed by atoms with Crippen LogP contribution in [-0.4, -0.2) is 13.2 Å². The third-order valence-corrected chi connectivity index (χ3v) is 8.93. The first-order valence-electron chi connectivity index (χ1n) is 15.1. The van der Waals surface area contributed by atoms with Gasteiger partial charge < -0.3 is 9.47 Å². The van der Waals surface area contributed by atoms with Crippen LogP contribution in [0.1, 0.15) is 102 Å². The lowest BCUT2D eigenvalue weighted by Crippen LogP contribution is -2.34. The van der Waals surface area contributed by atoms with E-state index in [9.17, 15) is 0 Å². The Bertz CT molecular complexity index is 1160. The summed E-state index contributed by atoms with van der Waals surface area (Å²) in [5, 5.41) is 0. The van der Waals surface area contributed by atoms with Crippen LogP contribution < -0.4 is 0 Å². The fourth-order valence-electron chi connectivity index (χ4n) is 5.73. The number of benzene rings is 3. The van der Waals surface area contributed by atoms with Crippen molar-refractivity contribution in [2.75, 3.05) is 13.2 Å². The van der Waals surface area contributed by atoms with Crippen LogP contribution in [0.2, 0.25) is 0 Å². The summed E-state index contributed by atoms with van der Waals surface area (Å²) in [5.41, 5.74) is 6.97. The Balaban J connectivity index is 1.71. The van der Waals surface area contributed by atoms with Gasteiger partial charge in [0.2, 0.25) is 5.79 Å². The molecule has 0 N–H and O–H groups in total. The summed E-state index contributed by atoms with van der Waals surface area (Å²) in [4.78, 5) is 0. The maximum absolute atomic E-state index is 7.00. The normalized spacial score (nSPS) is 13.4. The molecule has 0 heterocycles. The van der Waals surface area contributed by atoms with Gasteiger partial charge in [0.25, 0.3) is 0 Å². The molecule has 0 aromatic heterocycles. The average molecular weight is 657 g/mol. The van der Waals surface area contributed by atoms with Crippen LogP contribution in [-0.2, 0) is 15.3 Å². The van der Waals surface area contributed by atoms with Crippen LogP contribution >= 0.6 is 31.9 Å². The molecule has 3 aromatic rings. The number of fused-ring (bicyclic) bond motifs is 3. The second-order valence-corrected chi connectivity index (χ2v) is 12.5. The molecule has 0 aliphatic heterocycles. The van der Waals surface area contributed by atoms with Gasteiger partial charge in [0, 0.05) is 25.6 Å². The first-order chi connectivity index (χ1) is 19.1. The minimum Gasteiger partial charge on any atom is -0.342 e. The van der Waals surface area contributed by atoms with E-state index in [0.29, 0.717) is 13.2 Å². The van der Waals surface area contributed by atoms with E-state index >= 15 is 0 Å². The smallest absolute Gasteiger partial charge is 0.224 e. The van der Waals surface area contributed by atoms with Crippen molar-refractivity contribution in [2.24, 2.45) is 0 Å². The van der Waals surface area contributed by atoms with Gasteiger partial charge in [-0.2, -0.15) is 0 Å². The molecule has 0 saturated carbocycles. The largest absolute Gasteiger partial charge is 0.342 e. The minimum absolute atomic E-state index is 0.675. The fraction of sp³-hybridized carbons (Fsp3) is 0.486. The van der Waals surface area contributed by atoms with E-state index in [0.717, 1.165) is 38.5 Å². The van der Waals surface area contributed by atoms with Gasteiger partial charge in [0.05, 0.1) is 13.2 Å². The zero-order chi connectivity index (χ0) is 27.5. The van der Waals surface area contributed by atoms with Crippen molar-refractivity contribution in [3.63, 3.8) is 0 Å². The lowest BCUT2D eigenvalue weighted by molar-refractivity contribution is -0.216. The molecule has 0 bridgehead atoms. The summed E-state index contributed by atoms with van der Waals surface area (Å²) in [6.45, 7) is 5.89. The highest BCUT2D eigenvalue weighted by molar-refractivity contribution is 9.10. The number of hydrogen-bond acceptors (Lipinski definition) is 2. The highest BCUT2D eigenvalue weighted by Crippen LogP contribution is 2.56. The van der Waals surface area contributed by atoms with E-state index in [4.69, 9.17) is 9.47 Å². The number of hydrogen-bond donors (Lipinski definition) is 0. The molecular weight excluding hydrogens is 612 g/mol. The van der Waals surface area contributed by atoms with Crippen LogP contribution in [0.15, 0.2) is 69.6 Å². The van der Waals surface area contributed by atoms with Crippen LogP contribution in [0.3, 0.4) is 0 Å². The topological polar surface area (TPSA) is 18.5 Å². The molecule has 0 fully saturated rings. The minimum atomic E-state index is -0.934. The van der Waals surface area contributed by atoms with Gasteiger partial charge in [0.1, 0.15) is 0 Å². The number of ether oxygens (including phenoxy) is 2. The third-order valence-electron chi connectivity index (χ3n) is 7.78. The summed E-state index contributed by atoms with van der Waals surface area (Å²) in [5.74, 6) is -0.934. The van der Waals surface area contributed by atoms with Gasteiger partial charge in [-0.1, -0.05) is 152 Å². The van der Waals surface area contributed by atoms with E-state index in [-0.39, 0.29) is 0 Å². The summed E-state index contributed by atoms with van der Waals surface area (Å²) in [7, 11) is 0. The van der Waals surface area contributed by atoms with Crippen molar-refractivity contribution in [1.29, 1.82) is 0 Å². The Morgan fingerprint density at radius 1 is 0.615 bits per heavy atom. The van der Waals surface area contributed by atoms with Gasteiger partial charge in [0.15, 0.2) is 0 Å². The van der Waals surface area contributed by atoms with Crippen molar-refractivity contribution >= 4 is 31.9 Å². The molecule has 0 saturated heterocycles. The first kappa shape index (κ1) is 30.5. The maximum atomic E-state index is 7.00. The Hall–Kier alpha value is -1.46. The molecule has 3 aromatic carbocycles. The molecule has 210 valence electrons. The maximum Gasteiger partial charge on any atom is 0.224 e. The summed E-state index contributed by atoms with van der Waals surface area (Å²) >= 11 is 7.66. The Morgan fingerprint density at radius 2 is 1.18 bits per heavy atom. The Morgan fingerprint density at radius 3 is 1.79 bits per heavy atom. The van der Waals surface area contributed by atoms with Crippen molar-refractivity contribution in [1.82, 2.24) is 0 Å². The van der Waals surface area contributed by atoms with Gasteiger partial charge in [-0.15, -0.1) is 0 Å². The molecule has 0 amide bonds. The summed E-state index contributed by atoms with van der Waals surface area (Å²) in [6, 6.07) is 21.6. The SMILES string of the molecule is CCCCCCCCOC1(OCCCCCCCC)c2cc(Br)ccc2-c2ccc(Br)c(-c3ccccc3)c21. The summed E-state index contributed by atoms with van der Waals surface area (Å²) in [6.07, 6.45) is 14.8. The lowest BCUT2D eigenvalue weighted by Gasteiger charge is -2.34. The first-order valence-corrected chi connectivity index (χ1v) is 16.7. The van der Waals surface area contributed by atoms with Gasteiger partial charge in [-0.3, -0.25) is 0 Å². The molecular formula is C35H44Br2O2. The zero-order valence-corrected chi connectivity index (χ0v) is 26.9. The van der Waals surface area contributed by atoms with E-state index < -0.39 is 5.79 Å². The van der Waals surface area contributed by atoms with Crippen LogP contribution in [0.4, 0.5) is 0 Å². The van der Waals surface area contributed by atoms with Crippen molar-refractivity contribution < 1.29 is 9.47 Å². The van der Waals surface area contributed by atoms with Crippen molar-refractivity contribution in [3.8, 4) is 22.3 Å². The molecule has 39 heavy (non-hydrogen) atoms. The van der Waals surface area contributed by atoms with E-state index in [1.54, 1.807) is 0 Å². The van der Waals surface area contributed by atoms with E-state index in [1.165, 1.54) is 80.9 Å². The molecule has 4 heteroatoms. The predicted molar refractivity (Wildman–Crippen MR) is 172 cm³/mol. The van der Waals surface area contributed by atoms with Gasteiger partial charge in [-0.25, -0.2) is 0 Å². The second kappa shape index (κ2) is 15.5. The van der Waals surface area contributed by atoms with Crippen LogP contribution in [0.5, 0.6) is 0 Å². The highest BCUT2D eigenvalue weighted by Gasteiger charge is 2.48. The molecule has 1 aliphatic rings. The van der Waals surface area contributed by atoms with Crippen LogP contribution in [0, 0.1) is 0 Å². The molecule has 1 aliphatic carbocycles. The van der Waals surface area contributed by atoms with Crippen LogP contribution in [0.25, 0.3) is 22.3 Å². The summed E-state index contributed by atoms with van der Waals surface area (Å²) < 4.78 is 16.1.